The third-order valence-electron chi connectivity index (χ3n) is 4.96. The normalized spacial score (nSPS) is 16.2. The van der Waals surface area contributed by atoms with Crippen LogP contribution in [0.4, 0.5) is 10.1 Å². The Morgan fingerprint density at radius 3 is 2.86 bits per heavy atom. The van der Waals surface area contributed by atoms with Gasteiger partial charge in [0.25, 0.3) is 5.91 Å². The van der Waals surface area contributed by atoms with Crippen molar-refractivity contribution in [2.75, 3.05) is 18.1 Å². The SMILES string of the molecule is CC(=O)OCc1c(Br)cccc1N1CCOc2cc(C3CC3)cc(F)c2C1=O. The van der Waals surface area contributed by atoms with Gasteiger partial charge in [-0.1, -0.05) is 22.0 Å². The van der Waals surface area contributed by atoms with Gasteiger partial charge in [-0.25, -0.2) is 4.39 Å². The van der Waals surface area contributed by atoms with Crippen LogP contribution < -0.4 is 9.64 Å². The Balaban J connectivity index is 1.73. The maximum atomic E-state index is 14.9. The summed E-state index contributed by atoms with van der Waals surface area (Å²) in [5.41, 5.74) is 2.03. The number of rotatable bonds is 4. The lowest BCUT2D eigenvalue weighted by atomic mass is 10.0. The van der Waals surface area contributed by atoms with Crippen LogP contribution in [0.3, 0.4) is 0 Å². The highest BCUT2D eigenvalue weighted by Crippen LogP contribution is 2.43. The number of amides is 1. The number of anilines is 1. The number of carbonyl (C=O) groups is 2. The van der Waals surface area contributed by atoms with Crippen LogP contribution in [0.15, 0.2) is 34.8 Å². The third kappa shape index (κ3) is 3.63. The van der Waals surface area contributed by atoms with E-state index in [0.717, 1.165) is 18.4 Å². The number of benzene rings is 2. The average Bonchev–Trinajstić information content (AvgIpc) is 3.48. The Morgan fingerprint density at radius 1 is 1.36 bits per heavy atom. The van der Waals surface area contributed by atoms with Crippen LogP contribution in [0.1, 0.15) is 47.2 Å². The lowest BCUT2D eigenvalue weighted by Gasteiger charge is -2.24. The summed E-state index contributed by atoms with van der Waals surface area (Å²) in [6, 6.07) is 8.57. The Kier molecular flexibility index (Phi) is 5.10. The van der Waals surface area contributed by atoms with Gasteiger partial charge >= 0.3 is 5.97 Å². The van der Waals surface area contributed by atoms with E-state index in [1.54, 1.807) is 24.3 Å². The second kappa shape index (κ2) is 7.54. The molecule has 2 aliphatic rings. The maximum absolute atomic E-state index is 14.9. The Labute approximate surface area is 170 Å². The highest BCUT2D eigenvalue weighted by atomic mass is 79.9. The number of hydrogen-bond acceptors (Lipinski definition) is 4. The molecule has 1 aliphatic carbocycles. The molecule has 0 N–H and O–H groups in total. The zero-order valence-electron chi connectivity index (χ0n) is 15.3. The minimum atomic E-state index is -0.562. The summed E-state index contributed by atoms with van der Waals surface area (Å²) in [4.78, 5) is 26.0. The lowest BCUT2D eigenvalue weighted by Crippen LogP contribution is -2.33. The topological polar surface area (TPSA) is 55.8 Å². The van der Waals surface area contributed by atoms with E-state index >= 15 is 0 Å². The van der Waals surface area contributed by atoms with Gasteiger partial charge < -0.3 is 14.4 Å². The molecule has 1 heterocycles. The number of hydrogen-bond donors (Lipinski definition) is 0. The second-order valence-electron chi connectivity index (χ2n) is 6.97. The number of halogens is 2. The fourth-order valence-electron chi connectivity index (χ4n) is 3.41. The number of nitrogens with zero attached hydrogens (tertiary/aromatic N) is 1. The first-order valence-electron chi connectivity index (χ1n) is 9.14. The van der Waals surface area contributed by atoms with Gasteiger partial charge in [-0.15, -0.1) is 0 Å². The molecule has 0 aromatic heterocycles. The van der Waals surface area contributed by atoms with Crippen LogP contribution in [0.2, 0.25) is 0 Å². The van der Waals surface area contributed by atoms with E-state index in [2.05, 4.69) is 15.9 Å². The third-order valence-corrected chi connectivity index (χ3v) is 5.70. The summed E-state index contributed by atoms with van der Waals surface area (Å²) in [6.07, 6.45) is 2.08. The van der Waals surface area contributed by atoms with Crippen LogP contribution in [0.5, 0.6) is 5.75 Å². The molecule has 2 aromatic rings. The molecule has 0 spiro atoms. The summed E-state index contributed by atoms with van der Waals surface area (Å²) in [5.74, 6) is -0.789. The van der Waals surface area contributed by atoms with Crippen LogP contribution in [-0.4, -0.2) is 25.0 Å². The molecule has 2 aromatic carbocycles. The molecular weight excluding hydrogens is 429 g/mol. The molecule has 1 aliphatic heterocycles. The minimum absolute atomic E-state index is 0.00663. The van der Waals surface area contributed by atoms with E-state index in [1.807, 2.05) is 0 Å². The molecule has 0 saturated heterocycles. The molecule has 5 nitrogen and oxygen atoms in total. The van der Waals surface area contributed by atoms with Crippen molar-refractivity contribution >= 4 is 33.5 Å². The first-order valence-corrected chi connectivity index (χ1v) is 9.94. The highest BCUT2D eigenvalue weighted by Gasteiger charge is 2.32. The van der Waals surface area contributed by atoms with Crippen molar-refractivity contribution < 1.29 is 23.5 Å². The monoisotopic (exact) mass is 447 g/mol. The Bertz CT molecular complexity index is 958. The molecule has 0 bridgehead atoms. The summed E-state index contributed by atoms with van der Waals surface area (Å²) >= 11 is 3.45. The molecular formula is C21H19BrFNO4. The van der Waals surface area contributed by atoms with Crippen molar-refractivity contribution in [1.82, 2.24) is 0 Å². The lowest BCUT2D eigenvalue weighted by molar-refractivity contribution is -0.142. The van der Waals surface area contributed by atoms with E-state index in [9.17, 15) is 14.0 Å². The highest BCUT2D eigenvalue weighted by molar-refractivity contribution is 9.10. The van der Waals surface area contributed by atoms with Gasteiger partial charge in [0.05, 0.1) is 12.2 Å². The zero-order valence-corrected chi connectivity index (χ0v) is 16.9. The van der Waals surface area contributed by atoms with Gasteiger partial charge in [0.15, 0.2) is 0 Å². The first kappa shape index (κ1) is 18.9. The van der Waals surface area contributed by atoms with Crippen molar-refractivity contribution in [2.24, 2.45) is 0 Å². The van der Waals surface area contributed by atoms with Crippen molar-refractivity contribution in [3.63, 3.8) is 0 Å². The van der Waals surface area contributed by atoms with Crippen LogP contribution in [0, 0.1) is 5.82 Å². The van der Waals surface area contributed by atoms with Gasteiger partial charge in [0.2, 0.25) is 0 Å². The van der Waals surface area contributed by atoms with E-state index in [4.69, 9.17) is 9.47 Å². The standard InChI is InChI=1S/C21H19BrFNO4/c1-12(25)28-11-15-16(22)3-2-4-18(15)24-7-8-27-19-10-14(13-5-6-13)9-17(23)20(19)21(24)26/h2-4,9-10,13H,5-8,11H2,1H3. The van der Waals surface area contributed by atoms with E-state index in [1.165, 1.54) is 17.9 Å². The molecule has 4 rings (SSSR count). The summed E-state index contributed by atoms with van der Waals surface area (Å²) in [7, 11) is 0. The summed E-state index contributed by atoms with van der Waals surface area (Å²) < 4.78 is 26.4. The fraction of sp³-hybridized carbons (Fsp3) is 0.333. The largest absolute Gasteiger partial charge is 0.491 e. The van der Waals surface area contributed by atoms with Gasteiger partial charge in [-0.05, 0) is 48.6 Å². The molecule has 1 amide bonds. The fourth-order valence-corrected chi connectivity index (χ4v) is 3.88. The van der Waals surface area contributed by atoms with Crippen molar-refractivity contribution in [2.45, 2.75) is 32.3 Å². The summed E-state index contributed by atoms with van der Waals surface area (Å²) in [6.45, 7) is 1.83. The number of carbonyl (C=O) groups excluding carboxylic acids is 2. The predicted octanol–water partition coefficient (Wildman–Crippen LogP) is 4.57. The molecule has 146 valence electrons. The van der Waals surface area contributed by atoms with Gasteiger partial charge in [-0.3, -0.25) is 9.59 Å². The predicted molar refractivity (Wildman–Crippen MR) is 105 cm³/mol. The summed E-state index contributed by atoms with van der Waals surface area (Å²) in [5, 5.41) is 0. The molecule has 1 saturated carbocycles. The quantitative estimate of drug-likeness (QED) is 0.644. The van der Waals surface area contributed by atoms with Crippen LogP contribution >= 0.6 is 15.9 Å². The minimum Gasteiger partial charge on any atom is -0.491 e. The van der Waals surface area contributed by atoms with Gasteiger partial charge in [0, 0.05) is 17.0 Å². The molecule has 0 unspecified atom stereocenters. The number of ether oxygens (including phenoxy) is 2. The Hall–Kier alpha value is -2.41. The average molecular weight is 448 g/mol. The van der Waals surface area contributed by atoms with Gasteiger partial charge in [-0.2, -0.15) is 0 Å². The molecule has 7 heteroatoms. The zero-order chi connectivity index (χ0) is 19.8. The van der Waals surface area contributed by atoms with Crippen molar-refractivity contribution in [3.8, 4) is 5.75 Å². The van der Waals surface area contributed by atoms with Crippen LogP contribution in [0.25, 0.3) is 0 Å². The molecule has 0 atom stereocenters. The molecule has 0 radical (unpaired) electrons. The van der Waals surface area contributed by atoms with Gasteiger partial charge in [0.1, 0.15) is 30.3 Å². The first-order chi connectivity index (χ1) is 13.5. The van der Waals surface area contributed by atoms with E-state index < -0.39 is 17.7 Å². The van der Waals surface area contributed by atoms with E-state index in [-0.39, 0.29) is 25.3 Å². The molecule has 28 heavy (non-hydrogen) atoms. The maximum Gasteiger partial charge on any atom is 0.302 e. The van der Waals surface area contributed by atoms with Crippen LogP contribution in [-0.2, 0) is 16.1 Å². The second-order valence-corrected chi connectivity index (χ2v) is 7.83. The van der Waals surface area contributed by atoms with E-state index in [0.29, 0.717) is 27.4 Å². The smallest absolute Gasteiger partial charge is 0.302 e. The number of fused-ring (bicyclic) bond motifs is 1. The van der Waals surface area contributed by atoms with Crippen molar-refractivity contribution in [3.05, 3.63) is 57.3 Å². The van der Waals surface area contributed by atoms with Crippen molar-refractivity contribution in [1.29, 1.82) is 0 Å². The Morgan fingerprint density at radius 2 is 2.14 bits per heavy atom. The number of esters is 1. The molecule has 1 fully saturated rings.